The van der Waals surface area contributed by atoms with Gasteiger partial charge in [0.2, 0.25) is 11.8 Å². The molecule has 1 aliphatic rings. The van der Waals surface area contributed by atoms with Crippen LogP contribution in [0.1, 0.15) is 40.5 Å². The Morgan fingerprint density at radius 1 is 1.16 bits per heavy atom. The third-order valence-corrected chi connectivity index (χ3v) is 4.54. The Balaban J connectivity index is 2.66. The predicted molar refractivity (Wildman–Crippen MR) is 75.4 cm³/mol. The number of piperidine rings is 1. The summed E-state index contributed by atoms with van der Waals surface area (Å²) in [5, 5.41) is 2.67. The van der Waals surface area contributed by atoms with E-state index in [0.717, 1.165) is 12.8 Å². The number of nitrogens with zero attached hydrogens (tertiary/aromatic N) is 1. The largest absolute Gasteiger partial charge is 0.359 e. The highest BCUT2D eigenvalue weighted by Crippen LogP contribution is 2.32. The van der Waals surface area contributed by atoms with Gasteiger partial charge in [-0.1, -0.05) is 0 Å². The van der Waals surface area contributed by atoms with Crippen molar-refractivity contribution in [3.05, 3.63) is 0 Å². The number of hydrogen-bond donors (Lipinski definition) is 2. The number of nitrogens with two attached hydrogens (primary N) is 1. The molecule has 19 heavy (non-hydrogen) atoms. The van der Waals surface area contributed by atoms with Crippen LogP contribution in [0.3, 0.4) is 0 Å². The maximum absolute atomic E-state index is 12.6. The Morgan fingerprint density at radius 2 is 1.63 bits per heavy atom. The van der Waals surface area contributed by atoms with E-state index in [1.165, 1.54) is 0 Å². The van der Waals surface area contributed by atoms with Crippen molar-refractivity contribution < 1.29 is 9.59 Å². The molecule has 0 aliphatic carbocycles. The summed E-state index contributed by atoms with van der Waals surface area (Å²) in [5.41, 5.74) is 4.93. The van der Waals surface area contributed by atoms with E-state index in [1.807, 2.05) is 32.6 Å². The number of nitrogens with one attached hydrogen (secondary N) is 1. The van der Waals surface area contributed by atoms with Crippen molar-refractivity contribution in [1.82, 2.24) is 10.2 Å². The lowest BCUT2D eigenvalue weighted by Gasteiger charge is -2.42. The maximum Gasteiger partial charge on any atom is 0.230 e. The van der Waals surface area contributed by atoms with Crippen LogP contribution in [-0.4, -0.2) is 42.4 Å². The van der Waals surface area contributed by atoms with E-state index < -0.39 is 11.0 Å². The molecule has 3 N–H and O–H groups in total. The molecule has 1 saturated heterocycles. The van der Waals surface area contributed by atoms with Crippen molar-refractivity contribution in [3.8, 4) is 0 Å². The fourth-order valence-electron chi connectivity index (χ4n) is 2.22. The van der Waals surface area contributed by atoms with Gasteiger partial charge in [0.05, 0.1) is 5.41 Å². The van der Waals surface area contributed by atoms with Gasteiger partial charge in [-0.25, -0.2) is 0 Å². The van der Waals surface area contributed by atoms with Crippen molar-refractivity contribution in [2.24, 2.45) is 17.1 Å². The van der Waals surface area contributed by atoms with Gasteiger partial charge >= 0.3 is 0 Å². The molecule has 1 heterocycles. The average Bonchev–Trinajstić information content (AvgIpc) is 2.35. The zero-order valence-electron chi connectivity index (χ0n) is 12.7. The molecule has 5 nitrogen and oxygen atoms in total. The van der Waals surface area contributed by atoms with Gasteiger partial charge in [-0.15, -0.1) is 0 Å². The summed E-state index contributed by atoms with van der Waals surface area (Å²) < 4.78 is 0. The summed E-state index contributed by atoms with van der Waals surface area (Å²) in [6.07, 6.45) is 1.46. The van der Waals surface area contributed by atoms with Crippen molar-refractivity contribution >= 4 is 11.8 Å². The van der Waals surface area contributed by atoms with E-state index in [-0.39, 0.29) is 17.7 Å². The van der Waals surface area contributed by atoms with E-state index in [2.05, 4.69) is 5.32 Å². The molecule has 1 aliphatic heterocycles. The minimum absolute atomic E-state index is 0.0306. The number of amides is 2. The molecular formula is C14H27N3O2. The Labute approximate surface area is 115 Å². The van der Waals surface area contributed by atoms with Gasteiger partial charge in [0.1, 0.15) is 0 Å². The molecule has 0 radical (unpaired) electrons. The van der Waals surface area contributed by atoms with Gasteiger partial charge in [0, 0.05) is 31.6 Å². The van der Waals surface area contributed by atoms with Crippen LogP contribution in [0.2, 0.25) is 0 Å². The number of likely N-dealkylation sites (tertiary alicyclic amines) is 1. The Morgan fingerprint density at radius 3 is 2.00 bits per heavy atom. The van der Waals surface area contributed by atoms with E-state index in [1.54, 1.807) is 7.05 Å². The first-order chi connectivity index (χ1) is 8.61. The van der Waals surface area contributed by atoms with Gasteiger partial charge in [0.15, 0.2) is 0 Å². The van der Waals surface area contributed by atoms with Crippen LogP contribution in [0.5, 0.6) is 0 Å². The molecule has 110 valence electrons. The zero-order valence-corrected chi connectivity index (χ0v) is 12.7. The smallest absolute Gasteiger partial charge is 0.230 e. The predicted octanol–water partition coefficient (Wildman–Crippen LogP) is 0.735. The van der Waals surface area contributed by atoms with Crippen molar-refractivity contribution in [2.75, 3.05) is 20.1 Å². The molecule has 0 aromatic rings. The number of carbonyl (C=O) groups is 2. The molecule has 1 rings (SSSR count). The second-order valence-corrected chi connectivity index (χ2v) is 6.53. The first kappa shape index (κ1) is 16.0. The van der Waals surface area contributed by atoms with Crippen molar-refractivity contribution in [3.63, 3.8) is 0 Å². The van der Waals surface area contributed by atoms with Crippen LogP contribution in [0.4, 0.5) is 0 Å². The molecule has 5 heteroatoms. The summed E-state index contributed by atoms with van der Waals surface area (Å²) in [5.74, 6) is 0.184. The highest BCUT2D eigenvalue weighted by atomic mass is 16.2. The summed E-state index contributed by atoms with van der Waals surface area (Å²) in [6, 6.07) is 0. The average molecular weight is 269 g/mol. The second kappa shape index (κ2) is 5.49. The third-order valence-electron chi connectivity index (χ3n) is 4.54. The summed E-state index contributed by atoms with van der Waals surface area (Å²) in [4.78, 5) is 26.0. The highest BCUT2D eigenvalue weighted by molar-refractivity contribution is 5.84. The van der Waals surface area contributed by atoms with Gasteiger partial charge in [-0.2, -0.15) is 0 Å². The maximum atomic E-state index is 12.6. The summed E-state index contributed by atoms with van der Waals surface area (Å²) >= 11 is 0. The number of hydrogen-bond acceptors (Lipinski definition) is 3. The zero-order chi connectivity index (χ0) is 14.8. The topological polar surface area (TPSA) is 75.4 Å². The minimum atomic E-state index is -0.604. The molecule has 0 aromatic carbocycles. The van der Waals surface area contributed by atoms with Crippen LogP contribution in [0.25, 0.3) is 0 Å². The molecule has 0 unspecified atom stereocenters. The third kappa shape index (κ3) is 3.26. The molecular weight excluding hydrogens is 242 g/mol. The Bertz CT molecular complexity index is 350. The number of rotatable bonds is 3. The molecule has 0 atom stereocenters. The Kier molecular flexibility index (Phi) is 4.61. The SMILES string of the molecule is CNC(=O)C1CCN(C(=O)C(C)(C)C(C)(C)N)CC1. The highest BCUT2D eigenvalue weighted by Gasteiger charge is 2.43. The van der Waals surface area contributed by atoms with Crippen LogP contribution in [-0.2, 0) is 9.59 Å². The van der Waals surface area contributed by atoms with Gasteiger partial charge in [0.25, 0.3) is 0 Å². The quantitative estimate of drug-likeness (QED) is 0.793. The Hall–Kier alpha value is -1.10. The first-order valence-corrected chi connectivity index (χ1v) is 6.91. The first-order valence-electron chi connectivity index (χ1n) is 6.91. The van der Waals surface area contributed by atoms with E-state index in [4.69, 9.17) is 5.73 Å². The second-order valence-electron chi connectivity index (χ2n) is 6.53. The van der Waals surface area contributed by atoms with Gasteiger partial charge in [-0.05, 0) is 40.5 Å². The fraction of sp³-hybridized carbons (Fsp3) is 0.857. The number of carbonyl (C=O) groups excluding carboxylic acids is 2. The molecule has 0 saturated carbocycles. The molecule has 0 aromatic heterocycles. The molecule has 2 amide bonds. The standard InChI is InChI=1S/C14H27N3O2/c1-13(2,14(3,4)15)12(19)17-8-6-10(7-9-17)11(18)16-5/h10H,6-9,15H2,1-5H3,(H,16,18). The van der Waals surface area contributed by atoms with Gasteiger partial charge < -0.3 is 16.0 Å². The normalized spacial score (nSPS) is 18.3. The lowest BCUT2D eigenvalue weighted by molar-refractivity contribution is -0.146. The van der Waals surface area contributed by atoms with Crippen molar-refractivity contribution in [2.45, 2.75) is 46.1 Å². The van der Waals surface area contributed by atoms with E-state index >= 15 is 0 Å². The molecule has 0 bridgehead atoms. The van der Waals surface area contributed by atoms with Crippen LogP contribution >= 0.6 is 0 Å². The lowest BCUT2D eigenvalue weighted by Crippen LogP contribution is -2.57. The van der Waals surface area contributed by atoms with Crippen LogP contribution < -0.4 is 11.1 Å². The molecule has 0 spiro atoms. The monoisotopic (exact) mass is 269 g/mol. The summed E-state index contributed by atoms with van der Waals surface area (Å²) in [6.45, 7) is 8.80. The van der Waals surface area contributed by atoms with Crippen molar-refractivity contribution in [1.29, 1.82) is 0 Å². The van der Waals surface area contributed by atoms with E-state index in [9.17, 15) is 9.59 Å². The van der Waals surface area contributed by atoms with Crippen LogP contribution in [0.15, 0.2) is 0 Å². The summed E-state index contributed by atoms with van der Waals surface area (Å²) in [7, 11) is 1.65. The van der Waals surface area contributed by atoms with Crippen LogP contribution in [0, 0.1) is 11.3 Å². The van der Waals surface area contributed by atoms with Gasteiger partial charge in [-0.3, -0.25) is 9.59 Å². The lowest BCUT2D eigenvalue weighted by atomic mass is 9.73. The van der Waals surface area contributed by atoms with E-state index in [0.29, 0.717) is 13.1 Å². The molecule has 1 fully saturated rings. The minimum Gasteiger partial charge on any atom is -0.359 e. The fourth-order valence-corrected chi connectivity index (χ4v) is 2.22.